The largest absolute Gasteiger partial charge is 0.297 e. The van der Waals surface area contributed by atoms with E-state index in [1.54, 1.807) is 0 Å². The average Bonchev–Trinajstić information content (AvgIpc) is 3.24. The number of aromatic nitrogens is 1. The Morgan fingerprint density at radius 3 is 2.69 bits per heavy atom. The Labute approximate surface area is 172 Å². The third kappa shape index (κ3) is 4.23. The summed E-state index contributed by atoms with van der Waals surface area (Å²) < 4.78 is 23.5. The van der Waals surface area contributed by atoms with E-state index >= 15 is 0 Å². The molecular formula is C19H20N4O4S2. The molecule has 1 aromatic heterocycles. The van der Waals surface area contributed by atoms with Crippen LogP contribution in [0.3, 0.4) is 0 Å². The van der Waals surface area contributed by atoms with Gasteiger partial charge in [-0.15, -0.1) is 0 Å². The summed E-state index contributed by atoms with van der Waals surface area (Å²) in [7, 11) is -3.15. The van der Waals surface area contributed by atoms with Gasteiger partial charge in [-0.2, -0.15) is 5.10 Å². The van der Waals surface area contributed by atoms with Gasteiger partial charge in [0, 0.05) is 12.8 Å². The van der Waals surface area contributed by atoms with Gasteiger partial charge in [0.25, 0.3) is 5.91 Å². The van der Waals surface area contributed by atoms with Crippen molar-refractivity contribution >= 4 is 43.8 Å². The van der Waals surface area contributed by atoms with E-state index in [0.717, 1.165) is 16.1 Å². The number of thiazole rings is 1. The van der Waals surface area contributed by atoms with Crippen molar-refractivity contribution in [1.29, 1.82) is 0 Å². The predicted octanol–water partition coefficient (Wildman–Crippen LogP) is 2.22. The highest BCUT2D eigenvalue weighted by molar-refractivity contribution is 7.91. The molecule has 1 unspecified atom stereocenters. The van der Waals surface area contributed by atoms with Crippen LogP contribution in [0.2, 0.25) is 0 Å². The van der Waals surface area contributed by atoms with Crippen LogP contribution in [0.5, 0.6) is 0 Å². The highest BCUT2D eigenvalue weighted by Gasteiger charge is 2.37. The zero-order valence-electron chi connectivity index (χ0n) is 15.8. The van der Waals surface area contributed by atoms with Crippen LogP contribution in [0, 0.1) is 6.92 Å². The van der Waals surface area contributed by atoms with Crippen LogP contribution in [0.4, 0.5) is 5.13 Å². The number of hydrazone groups is 1. The van der Waals surface area contributed by atoms with Crippen LogP contribution < -0.4 is 5.32 Å². The zero-order valence-corrected chi connectivity index (χ0v) is 17.4. The number of aryl methyl sites for hydroxylation is 1. The van der Waals surface area contributed by atoms with Gasteiger partial charge in [-0.25, -0.2) is 18.4 Å². The fraction of sp³-hybridized carbons (Fsp3) is 0.368. The minimum absolute atomic E-state index is 0.0408. The Balaban J connectivity index is 1.51. The summed E-state index contributed by atoms with van der Waals surface area (Å²) in [5.74, 6) is -0.737. The first kappa shape index (κ1) is 19.7. The number of carbonyl (C=O) groups excluding carboxylic acids is 2. The molecule has 4 rings (SSSR count). The quantitative estimate of drug-likeness (QED) is 0.797. The molecule has 0 aliphatic carbocycles. The summed E-state index contributed by atoms with van der Waals surface area (Å²) in [5.41, 5.74) is 2.05. The Bertz CT molecular complexity index is 1090. The third-order valence-electron chi connectivity index (χ3n) is 4.93. The maximum absolute atomic E-state index is 12.7. The van der Waals surface area contributed by atoms with E-state index < -0.39 is 21.8 Å². The van der Waals surface area contributed by atoms with E-state index in [-0.39, 0.29) is 36.0 Å². The second kappa shape index (κ2) is 7.68. The topological polar surface area (TPSA) is 109 Å². The molecule has 1 aromatic carbocycles. The number of nitrogens with zero attached hydrogens (tertiary/aromatic N) is 3. The van der Waals surface area contributed by atoms with Gasteiger partial charge in [0.2, 0.25) is 5.91 Å². The van der Waals surface area contributed by atoms with Gasteiger partial charge in [0.05, 0.1) is 28.1 Å². The van der Waals surface area contributed by atoms with Crippen LogP contribution in [0.1, 0.15) is 25.0 Å². The van der Waals surface area contributed by atoms with Gasteiger partial charge in [0.15, 0.2) is 15.0 Å². The van der Waals surface area contributed by atoms with Gasteiger partial charge in [-0.3, -0.25) is 14.9 Å². The predicted molar refractivity (Wildman–Crippen MR) is 111 cm³/mol. The third-order valence-corrected chi connectivity index (χ3v) is 7.80. The summed E-state index contributed by atoms with van der Waals surface area (Å²) in [5, 5.41) is 8.61. The number of rotatable bonds is 4. The number of hydrogen-bond acceptors (Lipinski definition) is 7. The maximum atomic E-state index is 12.7. The van der Waals surface area contributed by atoms with Gasteiger partial charge in [-0.1, -0.05) is 41.7 Å². The molecule has 8 nitrogen and oxygen atoms in total. The van der Waals surface area contributed by atoms with E-state index in [4.69, 9.17) is 0 Å². The SMILES string of the molecule is Cc1nc(NC(=O)C2=NN(C3CCS(=O)(=O)C3)C(=O)CC2)sc1-c1ccccc1. The molecule has 0 bridgehead atoms. The molecule has 2 aliphatic rings. The number of amides is 2. The standard InChI is InChI=1S/C19H20N4O4S2/c1-12-17(13-5-3-2-4-6-13)28-19(20-12)21-18(25)15-7-8-16(24)23(22-15)14-9-10-29(26,27)11-14/h2-6,14H,7-11H2,1H3,(H,20,21,25). The second-order valence-electron chi connectivity index (χ2n) is 7.10. The minimum Gasteiger partial charge on any atom is -0.297 e. The first-order valence-electron chi connectivity index (χ1n) is 9.26. The van der Waals surface area contributed by atoms with E-state index in [1.165, 1.54) is 16.3 Å². The number of sulfone groups is 1. The lowest BCUT2D eigenvalue weighted by molar-refractivity contribution is -0.133. The van der Waals surface area contributed by atoms with Gasteiger partial charge >= 0.3 is 0 Å². The summed E-state index contributed by atoms with van der Waals surface area (Å²) >= 11 is 1.37. The monoisotopic (exact) mass is 432 g/mol. The number of anilines is 1. The summed E-state index contributed by atoms with van der Waals surface area (Å²) in [4.78, 5) is 30.3. The van der Waals surface area contributed by atoms with Crippen molar-refractivity contribution in [3.63, 3.8) is 0 Å². The van der Waals surface area contributed by atoms with Crippen molar-refractivity contribution in [3.8, 4) is 10.4 Å². The highest BCUT2D eigenvalue weighted by atomic mass is 32.2. The van der Waals surface area contributed by atoms with Crippen LogP contribution in [0.15, 0.2) is 35.4 Å². The van der Waals surface area contributed by atoms with Crippen LogP contribution >= 0.6 is 11.3 Å². The molecule has 1 saturated heterocycles. The molecule has 2 amide bonds. The van der Waals surface area contributed by atoms with Crippen LogP contribution in [0.25, 0.3) is 10.4 Å². The number of benzene rings is 1. The van der Waals surface area contributed by atoms with Crippen molar-refractivity contribution in [1.82, 2.24) is 9.99 Å². The molecule has 1 N–H and O–H groups in total. The normalized spacial score (nSPS) is 21.1. The van der Waals surface area contributed by atoms with Crippen molar-refractivity contribution in [3.05, 3.63) is 36.0 Å². The van der Waals surface area contributed by atoms with Gasteiger partial charge < -0.3 is 0 Å². The highest BCUT2D eigenvalue weighted by Crippen LogP contribution is 2.32. The summed E-state index contributed by atoms with van der Waals surface area (Å²) in [6.45, 7) is 1.88. The average molecular weight is 433 g/mol. The fourth-order valence-corrected chi connectivity index (χ4v) is 6.12. The molecule has 0 saturated carbocycles. The summed E-state index contributed by atoms with van der Waals surface area (Å²) in [6.07, 6.45) is 0.698. The Morgan fingerprint density at radius 1 is 1.24 bits per heavy atom. The van der Waals surface area contributed by atoms with Crippen molar-refractivity contribution in [2.75, 3.05) is 16.8 Å². The molecular weight excluding hydrogens is 412 g/mol. The maximum Gasteiger partial charge on any atom is 0.273 e. The van der Waals surface area contributed by atoms with Crippen LogP contribution in [-0.2, 0) is 19.4 Å². The van der Waals surface area contributed by atoms with E-state index in [1.807, 2.05) is 37.3 Å². The lowest BCUT2D eigenvalue weighted by Crippen LogP contribution is -2.42. The molecule has 152 valence electrons. The first-order chi connectivity index (χ1) is 13.8. The molecule has 1 atom stereocenters. The Kier molecular flexibility index (Phi) is 5.22. The number of hydrogen-bond donors (Lipinski definition) is 1. The molecule has 2 aromatic rings. The molecule has 1 fully saturated rings. The minimum atomic E-state index is -3.15. The summed E-state index contributed by atoms with van der Waals surface area (Å²) in [6, 6.07) is 9.29. The molecule has 3 heterocycles. The van der Waals surface area contributed by atoms with Crippen LogP contribution in [-0.4, -0.2) is 53.5 Å². The van der Waals surface area contributed by atoms with Gasteiger partial charge in [0.1, 0.15) is 5.71 Å². The molecule has 2 aliphatic heterocycles. The van der Waals surface area contributed by atoms with E-state index in [0.29, 0.717) is 11.6 Å². The van der Waals surface area contributed by atoms with Gasteiger partial charge in [-0.05, 0) is 18.9 Å². The Morgan fingerprint density at radius 2 is 2.00 bits per heavy atom. The smallest absolute Gasteiger partial charge is 0.273 e. The van der Waals surface area contributed by atoms with E-state index in [2.05, 4.69) is 15.4 Å². The fourth-order valence-electron chi connectivity index (χ4n) is 3.46. The first-order valence-corrected chi connectivity index (χ1v) is 11.9. The second-order valence-corrected chi connectivity index (χ2v) is 10.3. The molecule has 10 heteroatoms. The Hall–Kier alpha value is -2.59. The van der Waals surface area contributed by atoms with Crippen molar-refractivity contribution in [2.45, 2.75) is 32.2 Å². The zero-order chi connectivity index (χ0) is 20.6. The lowest BCUT2D eigenvalue weighted by atomic mass is 10.1. The number of carbonyl (C=O) groups is 2. The molecule has 0 spiro atoms. The van der Waals surface area contributed by atoms with Crippen molar-refractivity contribution < 1.29 is 18.0 Å². The lowest BCUT2D eigenvalue weighted by Gasteiger charge is -2.27. The molecule has 29 heavy (non-hydrogen) atoms. The number of nitrogens with one attached hydrogen (secondary N) is 1. The van der Waals surface area contributed by atoms with E-state index in [9.17, 15) is 18.0 Å². The van der Waals surface area contributed by atoms with Crippen molar-refractivity contribution in [2.24, 2.45) is 5.10 Å². The molecule has 0 radical (unpaired) electrons.